The van der Waals surface area contributed by atoms with Crippen LogP contribution in [0.2, 0.25) is 0 Å². The van der Waals surface area contributed by atoms with E-state index in [2.05, 4.69) is 0 Å². The molecule has 3 N–H and O–H groups in total. The number of nitrogens with two attached hydrogens (primary N) is 1. The number of aliphatic hydroxyl groups is 1. The van der Waals surface area contributed by atoms with Gasteiger partial charge in [0.25, 0.3) is 5.91 Å². The lowest BCUT2D eigenvalue weighted by Crippen LogP contribution is -2.42. The van der Waals surface area contributed by atoms with Crippen molar-refractivity contribution in [3.05, 3.63) is 23.8 Å². The molecule has 0 fully saturated rings. The molecule has 0 spiro atoms. The highest BCUT2D eigenvalue weighted by Crippen LogP contribution is 2.35. The van der Waals surface area contributed by atoms with Crippen molar-refractivity contribution in [2.75, 3.05) is 18.5 Å². The van der Waals surface area contributed by atoms with Crippen molar-refractivity contribution in [3.63, 3.8) is 0 Å². The number of rotatable bonds is 2. The largest absolute Gasteiger partial charge is 0.479 e. The maximum Gasteiger partial charge on any atom is 0.267 e. The van der Waals surface area contributed by atoms with Crippen LogP contribution in [0, 0.1) is 0 Å². The van der Waals surface area contributed by atoms with Gasteiger partial charge in [0.05, 0.1) is 11.8 Å². The highest BCUT2D eigenvalue weighted by molar-refractivity contribution is 5.99. The minimum atomic E-state index is -0.719. The average Bonchev–Trinajstić information content (AvgIpc) is 2.35. The summed E-state index contributed by atoms with van der Waals surface area (Å²) in [5.74, 6) is 0.546. The van der Waals surface area contributed by atoms with E-state index in [0.29, 0.717) is 17.0 Å². The summed E-state index contributed by atoms with van der Waals surface area (Å²) in [5, 5.41) is 9.67. The van der Waals surface area contributed by atoms with E-state index in [-0.39, 0.29) is 12.5 Å². The molecule has 1 aromatic carbocycles. The summed E-state index contributed by atoms with van der Waals surface area (Å²) in [7, 11) is 1.69. The number of hydrogen-bond donors (Lipinski definition) is 2. The van der Waals surface area contributed by atoms with Crippen LogP contribution in [-0.4, -0.2) is 30.7 Å². The Kier molecular flexibility index (Phi) is 3.04. The van der Waals surface area contributed by atoms with Gasteiger partial charge in [0.15, 0.2) is 6.10 Å². The summed E-state index contributed by atoms with van der Waals surface area (Å²) in [6.45, 7) is 1.86. The molecule has 1 aromatic rings. The monoisotopic (exact) mass is 236 g/mol. The third-order valence-electron chi connectivity index (χ3n) is 2.93. The van der Waals surface area contributed by atoms with Crippen LogP contribution in [0.1, 0.15) is 18.6 Å². The van der Waals surface area contributed by atoms with Crippen LogP contribution in [0.4, 0.5) is 5.69 Å². The lowest BCUT2D eigenvalue weighted by molar-refractivity contribution is -0.125. The third-order valence-corrected chi connectivity index (χ3v) is 2.93. The number of likely N-dealkylation sites (N-methyl/N-ethyl adjacent to an activating group) is 1. The topological polar surface area (TPSA) is 75.8 Å². The van der Waals surface area contributed by atoms with Gasteiger partial charge in [-0.3, -0.25) is 4.79 Å². The number of ether oxygens (including phenoxy) is 1. The van der Waals surface area contributed by atoms with Crippen molar-refractivity contribution in [1.29, 1.82) is 0 Å². The number of aliphatic hydroxyl groups excluding tert-OH is 1. The Morgan fingerprint density at radius 2 is 2.29 bits per heavy atom. The number of hydrogen-bond acceptors (Lipinski definition) is 4. The van der Waals surface area contributed by atoms with Gasteiger partial charge < -0.3 is 20.5 Å². The van der Waals surface area contributed by atoms with Crippen molar-refractivity contribution in [2.24, 2.45) is 5.73 Å². The first-order valence-corrected chi connectivity index (χ1v) is 5.51. The molecule has 5 nitrogen and oxygen atoms in total. The summed E-state index contributed by atoms with van der Waals surface area (Å²) in [6, 6.07) is 5.24. The van der Waals surface area contributed by atoms with E-state index in [9.17, 15) is 9.90 Å². The van der Waals surface area contributed by atoms with Crippen molar-refractivity contribution in [2.45, 2.75) is 19.1 Å². The van der Waals surface area contributed by atoms with E-state index in [0.717, 1.165) is 0 Å². The summed E-state index contributed by atoms with van der Waals surface area (Å²) < 4.78 is 5.48. The van der Waals surface area contributed by atoms with Crippen molar-refractivity contribution in [3.8, 4) is 5.75 Å². The predicted octanol–water partition coefficient (Wildman–Crippen LogP) is 0.422. The van der Waals surface area contributed by atoms with E-state index >= 15 is 0 Å². The van der Waals surface area contributed by atoms with Gasteiger partial charge in [-0.25, -0.2) is 0 Å². The zero-order valence-corrected chi connectivity index (χ0v) is 9.88. The van der Waals surface area contributed by atoms with Crippen LogP contribution in [0.3, 0.4) is 0 Å². The summed E-state index contributed by atoms with van der Waals surface area (Å²) in [6.07, 6.45) is -1.19. The van der Waals surface area contributed by atoms with E-state index < -0.39 is 12.2 Å². The highest BCUT2D eigenvalue weighted by atomic mass is 16.5. The lowest BCUT2D eigenvalue weighted by atomic mass is 10.1. The first-order chi connectivity index (χ1) is 8.04. The van der Waals surface area contributed by atoms with Crippen molar-refractivity contribution >= 4 is 11.6 Å². The summed E-state index contributed by atoms with van der Waals surface area (Å²) >= 11 is 0. The molecule has 92 valence electrons. The molecule has 0 radical (unpaired) electrons. The van der Waals surface area contributed by atoms with Gasteiger partial charge in [-0.05, 0) is 24.6 Å². The molecule has 0 saturated heterocycles. The molecule has 0 bridgehead atoms. The smallest absolute Gasteiger partial charge is 0.267 e. The average molecular weight is 236 g/mol. The Labute approximate surface area is 99.8 Å². The minimum absolute atomic E-state index is 0.100. The maximum atomic E-state index is 11.8. The molecule has 2 atom stereocenters. The number of anilines is 1. The molecule has 5 heteroatoms. The number of amides is 1. The Morgan fingerprint density at radius 3 is 2.94 bits per heavy atom. The highest BCUT2D eigenvalue weighted by Gasteiger charge is 2.29. The maximum absolute atomic E-state index is 11.8. The number of carbonyl (C=O) groups is 1. The van der Waals surface area contributed by atoms with Crippen LogP contribution in [-0.2, 0) is 4.79 Å². The predicted molar refractivity (Wildman–Crippen MR) is 64.0 cm³/mol. The Balaban J connectivity index is 2.42. The number of benzene rings is 1. The first-order valence-electron chi connectivity index (χ1n) is 5.51. The molecular formula is C12H16N2O3. The van der Waals surface area contributed by atoms with E-state index in [1.807, 2.05) is 0 Å². The fraction of sp³-hybridized carbons (Fsp3) is 0.417. The Hall–Kier alpha value is -1.59. The van der Waals surface area contributed by atoms with E-state index in [1.165, 1.54) is 4.90 Å². The van der Waals surface area contributed by atoms with Crippen LogP contribution in [0.25, 0.3) is 0 Å². The fourth-order valence-electron chi connectivity index (χ4n) is 1.87. The van der Waals surface area contributed by atoms with Crippen molar-refractivity contribution < 1.29 is 14.6 Å². The van der Waals surface area contributed by atoms with Gasteiger partial charge in [-0.2, -0.15) is 0 Å². The molecule has 0 saturated carbocycles. The molecule has 1 aliphatic heterocycles. The molecule has 1 aliphatic rings. The second-order valence-corrected chi connectivity index (χ2v) is 4.14. The normalized spacial score (nSPS) is 20.8. The third kappa shape index (κ3) is 1.99. The van der Waals surface area contributed by atoms with Crippen LogP contribution in [0.15, 0.2) is 18.2 Å². The Bertz CT molecular complexity index is 447. The Morgan fingerprint density at radius 1 is 1.59 bits per heavy atom. The summed E-state index contributed by atoms with van der Waals surface area (Å²) in [5.41, 5.74) is 6.75. The standard InChI is InChI=1S/C12H16N2O3/c1-7-12(16)14(2)9-5-8(10(15)6-13)3-4-11(9)17-7/h3-5,7,10,15H,6,13H2,1-2H3. The van der Waals surface area contributed by atoms with E-state index in [4.69, 9.17) is 10.5 Å². The number of fused-ring (bicyclic) bond motifs is 1. The zero-order chi connectivity index (χ0) is 12.6. The lowest BCUT2D eigenvalue weighted by Gasteiger charge is -2.30. The molecule has 0 aromatic heterocycles. The van der Waals surface area contributed by atoms with E-state index in [1.54, 1.807) is 32.2 Å². The summed E-state index contributed by atoms with van der Waals surface area (Å²) in [4.78, 5) is 13.3. The fourth-order valence-corrected chi connectivity index (χ4v) is 1.87. The number of nitrogens with zero attached hydrogens (tertiary/aromatic N) is 1. The minimum Gasteiger partial charge on any atom is -0.479 e. The van der Waals surface area contributed by atoms with Crippen LogP contribution < -0.4 is 15.4 Å². The van der Waals surface area contributed by atoms with Gasteiger partial charge in [0.1, 0.15) is 5.75 Å². The van der Waals surface area contributed by atoms with Crippen LogP contribution in [0.5, 0.6) is 5.75 Å². The molecule has 1 heterocycles. The molecule has 2 unspecified atom stereocenters. The van der Waals surface area contributed by atoms with Crippen LogP contribution >= 0.6 is 0 Å². The number of carbonyl (C=O) groups excluding carboxylic acids is 1. The van der Waals surface area contributed by atoms with Gasteiger partial charge >= 0.3 is 0 Å². The van der Waals surface area contributed by atoms with Gasteiger partial charge in [-0.15, -0.1) is 0 Å². The van der Waals surface area contributed by atoms with Crippen molar-refractivity contribution in [1.82, 2.24) is 0 Å². The molecular weight excluding hydrogens is 220 g/mol. The van der Waals surface area contributed by atoms with Gasteiger partial charge in [0.2, 0.25) is 0 Å². The second kappa shape index (κ2) is 4.35. The second-order valence-electron chi connectivity index (χ2n) is 4.14. The molecule has 17 heavy (non-hydrogen) atoms. The quantitative estimate of drug-likeness (QED) is 0.780. The zero-order valence-electron chi connectivity index (χ0n) is 9.88. The SMILES string of the molecule is CC1Oc2ccc(C(O)CN)cc2N(C)C1=O. The molecule has 0 aliphatic carbocycles. The van der Waals surface area contributed by atoms with Gasteiger partial charge in [-0.1, -0.05) is 6.07 Å². The molecule has 2 rings (SSSR count). The molecule has 1 amide bonds. The first kappa shape index (κ1) is 11.9. The van der Waals surface area contributed by atoms with Gasteiger partial charge in [0, 0.05) is 13.6 Å².